The summed E-state index contributed by atoms with van der Waals surface area (Å²) in [5, 5.41) is 0. The minimum atomic E-state index is -0.412. The van der Waals surface area contributed by atoms with Gasteiger partial charge in [-0.15, -0.1) is 0 Å². The van der Waals surface area contributed by atoms with Crippen LogP contribution in [0, 0.1) is 0 Å². The SMILES string of the molecule is N[C@@H](Cc1c[nH]cn1)C(=O)CI. The van der Waals surface area contributed by atoms with Gasteiger partial charge in [0.15, 0.2) is 5.78 Å². The maximum absolute atomic E-state index is 11.1. The van der Waals surface area contributed by atoms with Crippen molar-refractivity contribution in [2.45, 2.75) is 12.5 Å². The highest BCUT2D eigenvalue weighted by Crippen LogP contribution is 1.98. The predicted octanol–water partition coefficient (Wildman–Crippen LogP) is 0.284. The lowest BCUT2D eigenvalue weighted by atomic mass is 10.1. The Hall–Kier alpha value is -0.430. The highest BCUT2D eigenvalue weighted by atomic mass is 127. The molecule has 4 nitrogen and oxygen atoms in total. The third-order valence-corrected chi connectivity index (χ3v) is 2.28. The first-order valence-electron chi connectivity index (χ1n) is 3.56. The van der Waals surface area contributed by atoms with Gasteiger partial charge in [0, 0.05) is 12.6 Å². The minimum absolute atomic E-state index is 0.0681. The van der Waals surface area contributed by atoms with Crippen LogP contribution in [-0.4, -0.2) is 26.2 Å². The van der Waals surface area contributed by atoms with Crippen LogP contribution >= 0.6 is 22.6 Å². The first-order chi connectivity index (χ1) is 5.74. The van der Waals surface area contributed by atoms with Crippen LogP contribution < -0.4 is 5.73 Å². The first-order valence-corrected chi connectivity index (χ1v) is 5.08. The lowest BCUT2D eigenvalue weighted by Gasteiger charge is -2.05. The van der Waals surface area contributed by atoms with E-state index in [1.54, 1.807) is 12.5 Å². The van der Waals surface area contributed by atoms with E-state index in [1.807, 2.05) is 22.6 Å². The van der Waals surface area contributed by atoms with Crippen LogP contribution in [0.15, 0.2) is 12.5 Å². The van der Waals surface area contributed by atoms with Gasteiger partial charge >= 0.3 is 0 Å². The van der Waals surface area contributed by atoms with Gasteiger partial charge in [0.05, 0.1) is 22.5 Å². The van der Waals surface area contributed by atoms with Gasteiger partial charge in [-0.3, -0.25) is 4.79 Å². The molecule has 0 amide bonds. The van der Waals surface area contributed by atoms with Crippen LogP contribution in [0.2, 0.25) is 0 Å². The first kappa shape index (κ1) is 9.66. The highest BCUT2D eigenvalue weighted by molar-refractivity contribution is 14.1. The number of aromatic amines is 1. The Bertz CT molecular complexity index is 247. The van der Waals surface area contributed by atoms with E-state index in [1.165, 1.54) is 0 Å². The Morgan fingerprint density at radius 3 is 3.08 bits per heavy atom. The summed E-state index contributed by atoms with van der Waals surface area (Å²) in [7, 11) is 0. The molecule has 0 saturated carbocycles. The number of halogens is 1. The molecule has 0 fully saturated rings. The quantitative estimate of drug-likeness (QED) is 0.614. The predicted molar refractivity (Wildman–Crippen MR) is 54.2 cm³/mol. The van der Waals surface area contributed by atoms with Gasteiger partial charge in [-0.25, -0.2) is 4.98 Å². The van der Waals surface area contributed by atoms with Gasteiger partial charge in [0.2, 0.25) is 0 Å². The molecule has 66 valence electrons. The van der Waals surface area contributed by atoms with Crippen LogP contribution in [0.4, 0.5) is 0 Å². The van der Waals surface area contributed by atoms with Crippen LogP contribution in [0.5, 0.6) is 0 Å². The van der Waals surface area contributed by atoms with Crippen molar-refractivity contribution in [1.82, 2.24) is 9.97 Å². The number of H-pyrrole nitrogens is 1. The molecule has 0 spiro atoms. The molecule has 1 aromatic heterocycles. The summed E-state index contributed by atoms with van der Waals surface area (Å²) in [6.07, 6.45) is 3.85. The molecule has 1 heterocycles. The second-order valence-corrected chi connectivity index (χ2v) is 3.23. The standard InChI is InChI=1S/C7H10IN3O/c8-2-7(12)6(9)1-5-3-10-4-11-5/h3-4,6H,1-2,9H2,(H,10,11)/t6-/m0/s1. The summed E-state index contributed by atoms with van der Waals surface area (Å²) < 4.78 is 0.462. The number of alkyl halides is 1. The normalized spacial score (nSPS) is 12.8. The fourth-order valence-corrected chi connectivity index (χ4v) is 1.41. The fraction of sp³-hybridized carbons (Fsp3) is 0.429. The Morgan fingerprint density at radius 2 is 2.58 bits per heavy atom. The number of hydrogen-bond donors (Lipinski definition) is 2. The topological polar surface area (TPSA) is 71.8 Å². The van der Waals surface area contributed by atoms with Gasteiger partial charge < -0.3 is 10.7 Å². The number of hydrogen-bond acceptors (Lipinski definition) is 3. The molecular weight excluding hydrogens is 269 g/mol. The van der Waals surface area contributed by atoms with Crippen molar-refractivity contribution in [3.05, 3.63) is 18.2 Å². The maximum Gasteiger partial charge on any atom is 0.159 e. The highest BCUT2D eigenvalue weighted by Gasteiger charge is 2.12. The minimum Gasteiger partial charge on any atom is -0.351 e. The second-order valence-electron chi connectivity index (χ2n) is 2.47. The summed E-state index contributed by atoms with van der Waals surface area (Å²) in [5.74, 6) is 0.0681. The van der Waals surface area contributed by atoms with Gasteiger partial charge in [-0.1, -0.05) is 22.6 Å². The van der Waals surface area contributed by atoms with E-state index < -0.39 is 6.04 Å². The summed E-state index contributed by atoms with van der Waals surface area (Å²) in [6.45, 7) is 0. The number of rotatable bonds is 4. The Balaban J connectivity index is 2.47. The van der Waals surface area contributed by atoms with Gasteiger partial charge in [0.1, 0.15) is 0 Å². The van der Waals surface area contributed by atoms with Crippen molar-refractivity contribution in [2.75, 3.05) is 4.43 Å². The van der Waals surface area contributed by atoms with Crippen LogP contribution in [0.25, 0.3) is 0 Å². The van der Waals surface area contributed by atoms with Crippen molar-refractivity contribution < 1.29 is 4.79 Å². The molecule has 0 aliphatic heterocycles. The molecule has 0 aliphatic carbocycles. The Labute approximate surface area is 84.1 Å². The summed E-state index contributed by atoms with van der Waals surface area (Å²) in [6, 6.07) is -0.412. The number of Topliss-reactive ketones (excluding diaryl/α,β-unsaturated/α-hetero) is 1. The van der Waals surface area contributed by atoms with Crippen LogP contribution in [0.3, 0.4) is 0 Å². The lowest BCUT2D eigenvalue weighted by Crippen LogP contribution is -2.33. The molecule has 12 heavy (non-hydrogen) atoms. The number of nitrogens with two attached hydrogens (primary N) is 1. The van der Waals surface area contributed by atoms with Gasteiger partial charge in [0.25, 0.3) is 0 Å². The van der Waals surface area contributed by atoms with E-state index >= 15 is 0 Å². The zero-order valence-corrected chi connectivity index (χ0v) is 8.61. The summed E-state index contributed by atoms with van der Waals surface area (Å²) >= 11 is 2.01. The molecule has 5 heteroatoms. The zero-order chi connectivity index (χ0) is 8.97. The van der Waals surface area contributed by atoms with Crippen molar-refractivity contribution in [2.24, 2.45) is 5.73 Å². The third kappa shape index (κ3) is 2.56. The number of aromatic nitrogens is 2. The van der Waals surface area contributed by atoms with E-state index in [2.05, 4.69) is 9.97 Å². The van der Waals surface area contributed by atoms with E-state index in [4.69, 9.17) is 5.73 Å². The van der Waals surface area contributed by atoms with Crippen LogP contribution in [-0.2, 0) is 11.2 Å². The Kier molecular flexibility index (Phi) is 3.67. The van der Waals surface area contributed by atoms with E-state index in [-0.39, 0.29) is 5.78 Å². The molecule has 0 unspecified atom stereocenters. The van der Waals surface area contributed by atoms with Crippen molar-refractivity contribution in [3.63, 3.8) is 0 Å². The molecule has 0 aliphatic rings. The average Bonchev–Trinajstić information content (AvgIpc) is 2.55. The maximum atomic E-state index is 11.1. The number of nitrogens with one attached hydrogen (secondary N) is 1. The molecule has 0 saturated heterocycles. The molecule has 0 radical (unpaired) electrons. The molecule has 1 rings (SSSR count). The summed E-state index contributed by atoms with van der Waals surface area (Å²) in [5.41, 5.74) is 6.44. The number of ketones is 1. The molecule has 0 bridgehead atoms. The van der Waals surface area contributed by atoms with Crippen LogP contribution in [0.1, 0.15) is 5.69 Å². The number of imidazole rings is 1. The average molecular weight is 279 g/mol. The third-order valence-electron chi connectivity index (χ3n) is 1.53. The molecule has 0 aromatic carbocycles. The van der Waals surface area contributed by atoms with Gasteiger partial charge in [-0.2, -0.15) is 0 Å². The second kappa shape index (κ2) is 4.56. The number of nitrogens with zero attached hydrogens (tertiary/aromatic N) is 1. The largest absolute Gasteiger partial charge is 0.351 e. The smallest absolute Gasteiger partial charge is 0.159 e. The van der Waals surface area contributed by atoms with E-state index in [0.717, 1.165) is 5.69 Å². The lowest BCUT2D eigenvalue weighted by molar-refractivity contribution is -0.117. The zero-order valence-electron chi connectivity index (χ0n) is 6.46. The molecular formula is C7H10IN3O. The van der Waals surface area contributed by atoms with Gasteiger partial charge in [-0.05, 0) is 0 Å². The fourth-order valence-electron chi connectivity index (χ4n) is 0.841. The summed E-state index contributed by atoms with van der Waals surface area (Å²) in [4.78, 5) is 17.9. The molecule has 1 aromatic rings. The van der Waals surface area contributed by atoms with E-state index in [0.29, 0.717) is 10.8 Å². The number of carbonyl (C=O) groups excluding carboxylic acids is 1. The van der Waals surface area contributed by atoms with Crippen molar-refractivity contribution in [3.8, 4) is 0 Å². The molecule has 3 N–H and O–H groups in total. The Morgan fingerprint density at radius 1 is 1.83 bits per heavy atom. The van der Waals surface area contributed by atoms with Crippen molar-refractivity contribution >= 4 is 28.4 Å². The van der Waals surface area contributed by atoms with Crippen molar-refractivity contribution in [1.29, 1.82) is 0 Å². The van der Waals surface area contributed by atoms with E-state index in [9.17, 15) is 4.79 Å². The monoisotopic (exact) mass is 279 g/mol. The molecule has 1 atom stereocenters. The number of carbonyl (C=O) groups is 1.